The van der Waals surface area contributed by atoms with Crippen LogP contribution in [0.3, 0.4) is 0 Å². The van der Waals surface area contributed by atoms with Gasteiger partial charge in [0.05, 0.1) is 23.6 Å². The number of aliphatic hydroxyl groups is 4. The number of rotatable bonds is 7. The number of hydrogen-bond donors (Lipinski definition) is 5. The van der Waals surface area contributed by atoms with Gasteiger partial charge < -0.3 is 35.0 Å². The lowest BCUT2D eigenvalue weighted by Gasteiger charge is -2.39. The van der Waals surface area contributed by atoms with Crippen molar-refractivity contribution >= 4 is 23.2 Å². The first-order chi connectivity index (χ1) is 14.7. The second-order valence-corrected chi connectivity index (χ2v) is 7.40. The van der Waals surface area contributed by atoms with Gasteiger partial charge >= 0.3 is 0 Å². The molecule has 2 aromatic rings. The molecular formula is C21H21ClO9. The first-order valence-corrected chi connectivity index (χ1v) is 9.71. The highest BCUT2D eigenvalue weighted by molar-refractivity contribution is 6.34. The van der Waals surface area contributed by atoms with Crippen LogP contribution in [0.4, 0.5) is 0 Å². The van der Waals surface area contributed by atoms with Gasteiger partial charge in [-0.15, -0.1) is 0 Å². The fraction of sp³-hybridized carbons (Fsp3) is 0.333. The summed E-state index contributed by atoms with van der Waals surface area (Å²) >= 11 is 5.97. The molecule has 31 heavy (non-hydrogen) atoms. The van der Waals surface area contributed by atoms with Crippen molar-refractivity contribution in [2.24, 2.45) is 0 Å². The highest BCUT2D eigenvalue weighted by Gasteiger charge is 2.44. The molecule has 1 heterocycles. The molecule has 5 N–H and O–H groups in total. The van der Waals surface area contributed by atoms with Crippen LogP contribution < -0.4 is 4.74 Å². The quantitative estimate of drug-likeness (QED) is 0.301. The molecule has 0 aliphatic carbocycles. The molecule has 0 amide bonds. The maximum Gasteiger partial charge on any atom is 0.229 e. The van der Waals surface area contributed by atoms with Crippen molar-refractivity contribution in [2.75, 3.05) is 6.61 Å². The monoisotopic (exact) mass is 452 g/mol. The highest BCUT2D eigenvalue weighted by atomic mass is 35.5. The van der Waals surface area contributed by atoms with Crippen LogP contribution in [-0.4, -0.2) is 74.4 Å². The minimum absolute atomic E-state index is 0.0178. The Morgan fingerprint density at radius 2 is 1.65 bits per heavy atom. The minimum atomic E-state index is -1.63. The van der Waals surface area contributed by atoms with Crippen LogP contribution in [0.5, 0.6) is 11.5 Å². The summed E-state index contributed by atoms with van der Waals surface area (Å²) < 4.78 is 10.6. The molecule has 5 atom stereocenters. The smallest absolute Gasteiger partial charge is 0.229 e. The van der Waals surface area contributed by atoms with Crippen LogP contribution in [-0.2, 0) is 4.74 Å². The van der Waals surface area contributed by atoms with Crippen LogP contribution in [0.2, 0.25) is 5.02 Å². The summed E-state index contributed by atoms with van der Waals surface area (Å²) in [4.78, 5) is 24.8. The Balaban J connectivity index is 1.70. The van der Waals surface area contributed by atoms with Gasteiger partial charge in [-0.1, -0.05) is 23.7 Å². The topological polar surface area (TPSA) is 154 Å². The zero-order valence-corrected chi connectivity index (χ0v) is 16.8. The minimum Gasteiger partial charge on any atom is -0.507 e. The summed E-state index contributed by atoms with van der Waals surface area (Å²) in [7, 11) is 0. The molecule has 1 fully saturated rings. The summed E-state index contributed by atoms with van der Waals surface area (Å²) in [6.07, 6.45) is -7.91. The Kier molecular flexibility index (Phi) is 7.26. The third-order valence-corrected chi connectivity index (χ3v) is 5.20. The van der Waals surface area contributed by atoms with Crippen molar-refractivity contribution < 1.29 is 44.6 Å². The third-order valence-electron chi connectivity index (χ3n) is 4.87. The molecule has 2 aromatic carbocycles. The molecule has 0 spiro atoms. The van der Waals surface area contributed by atoms with E-state index < -0.39 is 61.0 Å². The lowest BCUT2D eigenvalue weighted by molar-refractivity contribution is -0.277. The average molecular weight is 453 g/mol. The van der Waals surface area contributed by atoms with E-state index in [1.54, 1.807) is 12.1 Å². The summed E-state index contributed by atoms with van der Waals surface area (Å²) in [5.41, 5.74) is 0.0705. The standard InChI is InChI=1S/C21H21ClO9/c22-13-4-2-1-3-11(13)15(25)8-16(26)12-6-5-10(7-14(12)24)30-21-20(29)19(28)18(27)17(9-23)31-21/h1-7,17-21,23-24,27-29H,8-9H2/t17-,18-,19+,20-,21?/m1/s1. The normalized spacial score (nSPS) is 25.8. The van der Waals surface area contributed by atoms with Gasteiger partial charge in [0.25, 0.3) is 0 Å². The van der Waals surface area contributed by atoms with Gasteiger partial charge in [-0.2, -0.15) is 0 Å². The maximum atomic E-state index is 12.5. The molecule has 1 aliphatic rings. The van der Waals surface area contributed by atoms with E-state index in [1.807, 2.05) is 0 Å². The van der Waals surface area contributed by atoms with E-state index in [0.29, 0.717) is 0 Å². The lowest BCUT2D eigenvalue weighted by atomic mass is 9.99. The third kappa shape index (κ3) is 5.04. The van der Waals surface area contributed by atoms with Crippen molar-refractivity contribution in [1.82, 2.24) is 0 Å². The van der Waals surface area contributed by atoms with Crippen LogP contribution in [0.15, 0.2) is 42.5 Å². The molecule has 0 bridgehead atoms. The predicted molar refractivity (Wildman–Crippen MR) is 107 cm³/mol. The fourth-order valence-electron chi connectivity index (χ4n) is 3.14. The van der Waals surface area contributed by atoms with Gasteiger partial charge in [0.1, 0.15) is 35.9 Å². The second-order valence-electron chi connectivity index (χ2n) is 7.00. The van der Waals surface area contributed by atoms with Crippen LogP contribution in [0.25, 0.3) is 0 Å². The molecule has 0 radical (unpaired) electrons. The summed E-state index contributed by atoms with van der Waals surface area (Å²) in [6, 6.07) is 9.91. The zero-order valence-electron chi connectivity index (χ0n) is 16.1. The summed E-state index contributed by atoms with van der Waals surface area (Å²) in [5.74, 6) is -1.63. The summed E-state index contributed by atoms with van der Waals surface area (Å²) in [5, 5.41) is 49.3. The number of ketones is 2. The van der Waals surface area contributed by atoms with Gasteiger partial charge in [0.2, 0.25) is 6.29 Å². The number of benzene rings is 2. The highest BCUT2D eigenvalue weighted by Crippen LogP contribution is 2.29. The molecule has 1 saturated heterocycles. The van der Waals surface area contributed by atoms with Crippen LogP contribution in [0.1, 0.15) is 27.1 Å². The predicted octanol–water partition coefficient (Wildman–Crippen LogP) is 0.680. The van der Waals surface area contributed by atoms with Gasteiger partial charge in [-0.3, -0.25) is 9.59 Å². The molecule has 3 rings (SSSR count). The van der Waals surface area contributed by atoms with Crippen molar-refractivity contribution in [3.05, 3.63) is 58.6 Å². The van der Waals surface area contributed by atoms with E-state index in [2.05, 4.69) is 0 Å². The number of hydrogen-bond acceptors (Lipinski definition) is 9. The second kappa shape index (κ2) is 9.73. The SMILES string of the molecule is O=C(CC(=O)c1ccccc1Cl)c1ccc(OC2O[C@H](CO)[C@@H](O)[C@H](O)[C@H]2O)cc1O. The van der Waals surface area contributed by atoms with Crippen LogP contribution >= 0.6 is 11.6 Å². The lowest BCUT2D eigenvalue weighted by Crippen LogP contribution is -2.60. The van der Waals surface area contributed by atoms with Gasteiger partial charge in [0, 0.05) is 11.6 Å². The van der Waals surface area contributed by atoms with Crippen molar-refractivity contribution in [1.29, 1.82) is 0 Å². The Bertz CT molecular complexity index is 962. The molecule has 10 heteroatoms. The number of aliphatic hydroxyl groups excluding tert-OH is 4. The Morgan fingerprint density at radius 1 is 0.968 bits per heavy atom. The largest absolute Gasteiger partial charge is 0.507 e. The molecule has 1 aliphatic heterocycles. The van der Waals surface area contributed by atoms with E-state index in [9.17, 15) is 35.1 Å². The number of halogens is 1. The molecular weight excluding hydrogens is 432 g/mol. The fourth-order valence-corrected chi connectivity index (χ4v) is 3.38. The molecule has 1 unspecified atom stereocenters. The number of aromatic hydroxyl groups is 1. The number of carbonyl (C=O) groups excluding carboxylic acids is 2. The zero-order chi connectivity index (χ0) is 22.7. The average Bonchev–Trinajstić information content (AvgIpc) is 2.74. The number of Topliss-reactive ketones (excluding diaryl/α,β-unsaturated/α-hetero) is 2. The number of carbonyl (C=O) groups is 2. The molecule has 0 saturated carbocycles. The van der Waals surface area contributed by atoms with Gasteiger partial charge in [-0.25, -0.2) is 0 Å². The van der Waals surface area contributed by atoms with Gasteiger partial charge in [0.15, 0.2) is 11.6 Å². The maximum absolute atomic E-state index is 12.5. The Labute approximate surface area is 182 Å². The van der Waals surface area contributed by atoms with E-state index in [0.717, 1.165) is 6.07 Å². The van der Waals surface area contributed by atoms with Crippen molar-refractivity contribution in [2.45, 2.75) is 37.1 Å². The van der Waals surface area contributed by atoms with Crippen molar-refractivity contribution in [3.63, 3.8) is 0 Å². The molecule has 166 valence electrons. The number of phenols is 1. The van der Waals surface area contributed by atoms with E-state index in [1.165, 1.54) is 24.3 Å². The first kappa shape index (κ1) is 23.1. The van der Waals surface area contributed by atoms with Gasteiger partial charge in [-0.05, 0) is 24.3 Å². The van der Waals surface area contributed by atoms with E-state index in [4.69, 9.17) is 21.1 Å². The number of phenolic OH excluding ortho intramolecular Hbond substituents is 1. The van der Waals surface area contributed by atoms with Crippen LogP contribution in [0, 0.1) is 0 Å². The Morgan fingerprint density at radius 3 is 2.29 bits per heavy atom. The Hall–Kier alpha value is -2.53. The number of ether oxygens (including phenoxy) is 2. The van der Waals surface area contributed by atoms with E-state index >= 15 is 0 Å². The molecule has 9 nitrogen and oxygen atoms in total. The van der Waals surface area contributed by atoms with E-state index in [-0.39, 0.29) is 21.9 Å². The first-order valence-electron chi connectivity index (χ1n) is 9.34. The van der Waals surface area contributed by atoms with Crippen molar-refractivity contribution in [3.8, 4) is 11.5 Å². The molecule has 0 aromatic heterocycles. The summed E-state index contributed by atoms with van der Waals surface area (Å²) in [6.45, 7) is -0.622.